The van der Waals surface area contributed by atoms with Gasteiger partial charge in [-0.1, -0.05) is 6.07 Å². The van der Waals surface area contributed by atoms with Crippen LogP contribution in [0.4, 0.5) is 10.1 Å². The first kappa shape index (κ1) is 9.87. The van der Waals surface area contributed by atoms with E-state index in [4.69, 9.17) is 11.0 Å². The molecule has 1 rings (SSSR count). The van der Waals surface area contributed by atoms with Gasteiger partial charge in [0.1, 0.15) is 5.82 Å². The Morgan fingerprint density at radius 3 is 3.00 bits per heavy atom. The lowest BCUT2D eigenvalue weighted by molar-refractivity contribution is 0.629. The van der Waals surface area contributed by atoms with Crippen LogP contribution in [0.15, 0.2) is 23.1 Å². The lowest BCUT2D eigenvalue weighted by atomic mass is 10.3. The third-order valence-corrected chi connectivity index (χ3v) is 2.56. The largest absolute Gasteiger partial charge is 0.395 e. The first-order valence-corrected chi connectivity index (χ1v) is 4.78. The number of thioether (sulfide) groups is 1. The van der Waals surface area contributed by atoms with Crippen LogP contribution < -0.4 is 5.73 Å². The quantitative estimate of drug-likeness (QED) is 0.459. The first-order valence-electron chi connectivity index (χ1n) is 3.79. The molecule has 0 bridgehead atoms. The van der Waals surface area contributed by atoms with E-state index in [2.05, 4.69) is 0 Å². The Bertz CT molecular complexity index is 333. The predicted octanol–water partition coefficient (Wildman–Crippen LogP) is 2.41. The van der Waals surface area contributed by atoms with Gasteiger partial charge >= 0.3 is 0 Å². The van der Waals surface area contributed by atoms with Crippen LogP contribution in [0.1, 0.15) is 6.42 Å². The molecule has 0 heterocycles. The molecule has 0 atom stereocenters. The number of rotatable bonds is 3. The van der Waals surface area contributed by atoms with E-state index in [1.54, 1.807) is 12.1 Å². The highest BCUT2D eigenvalue weighted by Crippen LogP contribution is 2.26. The summed E-state index contributed by atoms with van der Waals surface area (Å²) in [5.74, 6) is 0.242. The van der Waals surface area contributed by atoms with E-state index < -0.39 is 5.82 Å². The van der Waals surface area contributed by atoms with Gasteiger partial charge in [-0.15, -0.1) is 11.8 Å². The van der Waals surface area contributed by atoms with Crippen molar-refractivity contribution in [2.45, 2.75) is 11.3 Å². The number of para-hydroxylation sites is 1. The number of nitriles is 1. The zero-order valence-electron chi connectivity index (χ0n) is 6.96. The minimum Gasteiger partial charge on any atom is -0.395 e. The molecule has 0 radical (unpaired) electrons. The lowest BCUT2D eigenvalue weighted by Crippen LogP contribution is -1.93. The van der Waals surface area contributed by atoms with E-state index in [0.717, 1.165) is 0 Å². The van der Waals surface area contributed by atoms with Gasteiger partial charge in [0.05, 0.1) is 11.8 Å². The van der Waals surface area contributed by atoms with E-state index >= 15 is 0 Å². The molecular weight excluding hydrogens is 187 g/mol. The van der Waals surface area contributed by atoms with Crippen LogP contribution in [-0.2, 0) is 0 Å². The summed E-state index contributed by atoms with van der Waals surface area (Å²) in [6.45, 7) is 0. The van der Waals surface area contributed by atoms with Crippen molar-refractivity contribution in [2.75, 3.05) is 11.5 Å². The van der Waals surface area contributed by atoms with Crippen LogP contribution in [0.5, 0.6) is 0 Å². The molecule has 0 fully saturated rings. The van der Waals surface area contributed by atoms with Gasteiger partial charge in [0.25, 0.3) is 0 Å². The van der Waals surface area contributed by atoms with Crippen LogP contribution in [-0.4, -0.2) is 5.75 Å². The van der Waals surface area contributed by atoms with Gasteiger partial charge in [-0.05, 0) is 12.1 Å². The fourth-order valence-corrected chi connectivity index (χ4v) is 1.69. The Morgan fingerprint density at radius 2 is 2.31 bits per heavy atom. The molecule has 13 heavy (non-hydrogen) atoms. The van der Waals surface area contributed by atoms with Crippen molar-refractivity contribution in [2.24, 2.45) is 0 Å². The number of nitrogens with two attached hydrogens (primary N) is 1. The maximum atomic E-state index is 12.9. The molecule has 2 nitrogen and oxygen atoms in total. The summed E-state index contributed by atoms with van der Waals surface area (Å²) in [5.41, 5.74) is 5.66. The zero-order chi connectivity index (χ0) is 9.68. The standard InChI is InChI=1S/C9H9FN2S/c10-7-3-1-4-8(9(7)12)13-6-2-5-11/h1,3-4H,2,6,12H2. The Hall–Kier alpha value is -1.21. The molecule has 2 N–H and O–H groups in total. The fourth-order valence-electron chi connectivity index (χ4n) is 0.850. The van der Waals surface area contributed by atoms with E-state index in [-0.39, 0.29) is 5.69 Å². The monoisotopic (exact) mass is 196 g/mol. The topological polar surface area (TPSA) is 49.8 Å². The zero-order valence-corrected chi connectivity index (χ0v) is 7.77. The third kappa shape index (κ3) is 2.63. The molecule has 1 aromatic rings. The van der Waals surface area contributed by atoms with Crippen LogP contribution in [0.3, 0.4) is 0 Å². The highest BCUT2D eigenvalue weighted by molar-refractivity contribution is 7.99. The van der Waals surface area contributed by atoms with Crippen molar-refractivity contribution in [1.29, 1.82) is 5.26 Å². The Kier molecular flexibility index (Phi) is 3.59. The van der Waals surface area contributed by atoms with Gasteiger partial charge in [0.2, 0.25) is 0 Å². The number of halogens is 1. The Morgan fingerprint density at radius 1 is 1.54 bits per heavy atom. The maximum Gasteiger partial charge on any atom is 0.147 e. The predicted molar refractivity (Wildman–Crippen MR) is 51.8 cm³/mol. The Balaban J connectivity index is 2.67. The van der Waals surface area contributed by atoms with Gasteiger partial charge < -0.3 is 5.73 Å². The number of hydrogen-bond acceptors (Lipinski definition) is 3. The number of nitrogen functional groups attached to an aromatic ring is 1. The summed E-state index contributed by atoms with van der Waals surface area (Å²) in [6, 6.07) is 6.70. The molecule has 68 valence electrons. The second kappa shape index (κ2) is 4.73. The van der Waals surface area contributed by atoms with E-state index in [9.17, 15) is 4.39 Å². The molecule has 0 spiro atoms. The van der Waals surface area contributed by atoms with Crippen LogP contribution in [0.25, 0.3) is 0 Å². The molecule has 0 saturated heterocycles. The number of anilines is 1. The van der Waals surface area contributed by atoms with Crippen molar-refractivity contribution in [3.05, 3.63) is 24.0 Å². The van der Waals surface area contributed by atoms with Gasteiger partial charge in [-0.25, -0.2) is 4.39 Å². The van der Waals surface area contributed by atoms with Gasteiger partial charge in [0, 0.05) is 17.1 Å². The summed E-state index contributed by atoms with van der Waals surface area (Å²) in [7, 11) is 0. The minimum atomic E-state index is -0.401. The van der Waals surface area contributed by atoms with Crippen LogP contribution in [0, 0.1) is 17.1 Å². The lowest BCUT2D eigenvalue weighted by Gasteiger charge is -2.03. The van der Waals surface area contributed by atoms with E-state index in [1.165, 1.54) is 17.8 Å². The molecule has 0 aliphatic rings. The number of benzene rings is 1. The maximum absolute atomic E-state index is 12.9. The molecule has 4 heteroatoms. The summed E-state index contributed by atoms with van der Waals surface area (Å²) >= 11 is 1.40. The molecule has 0 aliphatic heterocycles. The van der Waals surface area contributed by atoms with Gasteiger partial charge in [0.15, 0.2) is 0 Å². The van der Waals surface area contributed by atoms with Crippen molar-refractivity contribution in [3.8, 4) is 6.07 Å². The first-order chi connectivity index (χ1) is 6.25. The van der Waals surface area contributed by atoms with Gasteiger partial charge in [-0.3, -0.25) is 0 Å². The van der Waals surface area contributed by atoms with Crippen LogP contribution in [0.2, 0.25) is 0 Å². The van der Waals surface area contributed by atoms with E-state index in [1.807, 2.05) is 6.07 Å². The van der Waals surface area contributed by atoms with E-state index in [0.29, 0.717) is 17.1 Å². The number of hydrogen-bond donors (Lipinski definition) is 1. The summed E-state index contributed by atoms with van der Waals surface area (Å²) < 4.78 is 12.9. The van der Waals surface area contributed by atoms with Crippen molar-refractivity contribution in [3.63, 3.8) is 0 Å². The highest BCUT2D eigenvalue weighted by atomic mass is 32.2. The third-order valence-electron chi connectivity index (χ3n) is 1.48. The second-order valence-corrected chi connectivity index (χ2v) is 3.54. The average Bonchev–Trinajstić information content (AvgIpc) is 2.13. The minimum absolute atomic E-state index is 0.172. The molecule has 0 aliphatic carbocycles. The SMILES string of the molecule is N#CCCSc1cccc(F)c1N. The van der Waals surface area contributed by atoms with Crippen molar-refractivity contribution < 1.29 is 4.39 Å². The van der Waals surface area contributed by atoms with Crippen molar-refractivity contribution >= 4 is 17.4 Å². The van der Waals surface area contributed by atoms with Gasteiger partial charge in [-0.2, -0.15) is 5.26 Å². The molecule has 1 aromatic carbocycles. The molecule has 0 unspecified atom stereocenters. The van der Waals surface area contributed by atoms with Crippen molar-refractivity contribution in [1.82, 2.24) is 0 Å². The normalized spacial score (nSPS) is 9.54. The average molecular weight is 196 g/mol. The summed E-state index contributed by atoms with van der Waals surface area (Å²) in [5, 5.41) is 8.30. The molecule has 0 saturated carbocycles. The van der Waals surface area contributed by atoms with Crippen LogP contribution >= 0.6 is 11.8 Å². The fraction of sp³-hybridized carbons (Fsp3) is 0.222. The second-order valence-electron chi connectivity index (χ2n) is 2.41. The highest BCUT2D eigenvalue weighted by Gasteiger charge is 2.03. The molecule has 0 amide bonds. The molecular formula is C9H9FN2S. The number of nitrogens with zero attached hydrogens (tertiary/aromatic N) is 1. The smallest absolute Gasteiger partial charge is 0.147 e. The molecule has 0 aromatic heterocycles. The Labute approximate surface area is 80.5 Å². The summed E-state index contributed by atoms with van der Waals surface area (Å²) in [6.07, 6.45) is 0.445. The summed E-state index contributed by atoms with van der Waals surface area (Å²) in [4.78, 5) is 0.704.